The lowest BCUT2D eigenvalue weighted by Crippen LogP contribution is -2.23. The van der Waals surface area contributed by atoms with E-state index < -0.39 is 0 Å². The zero-order chi connectivity index (χ0) is 15.7. The molecule has 0 aliphatic heterocycles. The highest BCUT2D eigenvalue weighted by Crippen LogP contribution is 2.23. The predicted octanol–water partition coefficient (Wildman–Crippen LogP) is 3.37. The van der Waals surface area contributed by atoms with Crippen LogP contribution in [0.3, 0.4) is 0 Å². The molecule has 0 radical (unpaired) electrons. The molecule has 0 bridgehead atoms. The standard InChI is InChI=1S/C17H25N3O/c1-6-7-19-16(11(2)3)15(18)17(21)20(19)14-9-12(4)8-13(5)10-14/h8-11H,6-7,18H2,1-5H3. The predicted molar refractivity (Wildman–Crippen MR) is 88.3 cm³/mol. The molecule has 0 spiro atoms. The second-order valence-electron chi connectivity index (χ2n) is 6.04. The van der Waals surface area contributed by atoms with Gasteiger partial charge in [0.1, 0.15) is 5.69 Å². The summed E-state index contributed by atoms with van der Waals surface area (Å²) in [5.41, 5.74) is 10.5. The van der Waals surface area contributed by atoms with Gasteiger partial charge >= 0.3 is 0 Å². The Labute approximate surface area is 126 Å². The summed E-state index contributed by atoms with van der Waals surface area (Å²) in [6.45, 7) is 11.1. The molecule has 4 nitrogen and oxygen atoms in total. The second kappa shape index (κ2) is 5.80. The Morgan fingerprint density at radius 1 is 1.14 bits per heavy atom. The van der Waals surface area contributed by atoms with Crippen LogP contribution in [0, 0.1) is 13.8 Å². The summed E-state index contributed by atoms with van der Waals surface area (Å²) < 4.78 is 3.77. The van der Waals surface area contributed by atoms with Crippen LogP contribution in [0.15, 0.2) is 23.0 Å². The molecule has 21 heavy (non-hydrogen) atoms. The van der Waals surface area contributed by atoms with Crippen LogP contribution in [-0.2, 0) is 6.54 Å². The summed E-state index contributed by atoms with van der Waals surface area (Å²) in [7, 11) is 0. The Morgan fingerprint density at radius 2 is 1.71 bits per heavy atom. The van der Waals surface area contributed by atoms with Crippen LogP contribution in [0.5, 0.6) is 0 Å². The number of nitrogen functional groups attached to an aromatic ring is 1. The molecule has 0 atom stereocenters. The number of benzene rings is 1. The zero-order valence-electron chi connectivity index (χ0n) is 13.6. The van der Waals surface area contributed by atoms with E-state index in [1.54, 1.807) is 4.68 Å². The topological polar surface area (TPSA) is 52.9 Å². The minimum absolute atomic E-state index is 0.114. The maximum atomic E-state index is 12.6. The molecule has 4 heteroatoms. The zero-order valence-corrected chi connectivity index (χ0v) is 13.6. The molecule has 1 aromatic carbocycles. The third kappa shape index (κ3) is 2.75. The maximum absolute atomic E-state index is 12.6. The molecule has 2 rings (SSSR count). The summed E-state index contributed by atoms with van der Waals surface area (Å²) in [6.07, 6.45) is 0.956. The number of rotatable bonds is 4. The van der Waals surface area contributed by atoms with Crippen molar-refractivity contribution in [2.45, 2.75) is 53.5 Å². The summed E-state index contributed by atoms with van der Waals surface area (Å²) in [5.74, 6) is 0.219. The van der Waals surface area contributed by atoms with Crippen LogP contribution in [0.2, 0.25) is 0 Å². The number of aryl methyl sites for hydroxylation is 2. The molecule has 0 fully saturated rings. The van der Waals surface area contributed by atoms with Crippen molar-refractivity contribution >= 4 is 5.69 Å². The Morgan fingerprint density at radius 3 is 2.19 bits per heavy atom. The third-order valence-corrected chi connectivity index (χ3v) is 3.65. The van der Waals surface area contributed by atoms with Crippen molar-refractivity contribution in [2.75, 3.05) is 5.73 Å². The Kier molecular flexibility index (Phi) is 4.26. The van der Waals surface area contributed by atoms with Crippen LogP contribution in [0.1, 0.15) is 49.9 Å². The van der Waals surface area contributed by atoms with Crippen molar-refractivity contribution in [1.82, 2.24) is 9.36 Å². The first-order valence-electron chi connectivity index (χ1n) is 7.56. The first-order valence-corrected chi connectivity index (χ1v) is 7.56. The summed E-state index contributed by atoms with van der Waals surface area (Å²) in [6, 6.07) is 6.17. The molecule has 1 heterocycles. The number of nitrogens with two attached hydrogens (primary N) is 1. The highest BCUT2D eigenvalue weighted by molar-refractivity contribution is 5.48. The van der Waals surface area contributed by atoms with Gasteiger partial charge in [0.05, 0.1) is 11.4 Å². The number of hydrogen-bond acceptors (Lipinski definition) is 2. The van der Waals surface area contributed by atoms with Crippen LogP contribution < -0.4 is 11.3 Å². The molecule has 2 N–H and O–H groups in total. The average Bonchev–Trinajstić information content (AvgIpc) is 2.61. The van der Waals surface area contributed by atoms with E-state index in [1.165, 1.54) is 0 Å². The van der Waals surface area contributed by atoms with Gasteiger partial charge in [-0.1, -0.05) is 26.8 Å². The maximum Gasteiger partial charge on any atom is 0.294 e. The molecule has 2 aromatic rings. The van der Waals surface area contributed by atoms with E-state index in [0.29, 0.717) is 5.69 Å². The highest BCUT2D eigenvalue weighted by Gasteiger charge is 2.20. The van der Waals surface area contributed by atoms with Gasteiger partial charge in [0.2, 0.25) is 0 Å². The van der Waals surface area contributed by atoms with Gasteiger partial charge in [-0.2, -0.15) is 0 Å². The Bertz CT molecular complexity index is 687. The van der Waals surface area contributed by atoms with Crippen LogP contribution in [0.4, 0.5) is 5.69 Å². The first kappa shape index (κ1) is 15.4. The highest BCUT2D eigenvalue weighted by atomic mass is 16.1. The van der Waals surface area contributed by atoms with E-state index in [2.05, 4.69) is 26.8 Å². The van der Waals surface area contributed by atoms with Crippen molar-refractivity contribution in [1.29, 1.82) is 0 Å². The van der Waals surface area contributed by atoms with Gasteiger partial charge in [-0.25, -0.2) is 4.68 Å². The summed E-state index contributed by atoms with van der Waals surface area (Å²) in [4.78, 5) is 12.6. The minimum Gasteiger partial charge on any atom is -0.393 e. The van der Waals surface area contributed by atoms with Crippen molar-refractivity contribution in [3.8, 4) is 5.69 Å². The van der Waals surface area contributed by atoms with Crippen molar-refractivity contribution in [2.24, 2.45) is 0 Å². The molecule has 0 amide bonds. The molecule has 114 valence electrons. The smallest absolute Gasteiger partial charge is 0.294 e. The number of nitrogens with zero attached hydrogens (tertiary/aromatic N) is 2. The van der Waals surface area contributed by atoms with Gasteiger partial charge in [0.15, 0.2) is 0 Å². The van der Waals surface area contributed by atoms with Gasteiger partial charge in [-0.3, -0.25) is 9.48 Å². The van der Waals surface area contributed by atoms with E-state index in [1.807, 2.05) is 30.7 Å². The van der Waals surface area contributed by atoms with Gasteiger partial charge in [0, 0.05) is 6.54 Å². The lowest BCUT2D eigenvalue weighted by molar-refractivity contribution is 0.503. The summed E-state index contributed by atoms with van der Waals surface area (Å²) >= 11 is 0. The summed E-state index contributed by atoms with van der Waals surface area (Å²) in [5, 5.41) is 0. The Balaban J connectivity index is 2.78. The van der Waals surface area contributed by atoms with E-state index >= 15 is 0 Å². The first-order chi connectivity index (χ1) is 9.86. The SMILES string of the molecule is CCCn1c(C(C)C)c(N)c(=O)n1-c1cc(C)cc(C)c1. The normalized spacial score (nSPS) is 11.3. The monoisotopic (exact) mass is 287 g/mol. The lowest BCUT2D eigenvalue weighted by atomic mass is 10.1. The van der Waals surface area contributed by atoms with Crippen LogP contribution >= 0.6 is 0 Å². The quantitative estimate of drug-likeness (QED) is 0.937. The van der Waals surface area contributed by atoms with Crippen molar-refractivity contribution in [3.63, 3.8) is 0 Å². The third-order valence-electron chi connectivity index (χ3n) is 3.65. The van der Waals surface area contributed by atoms with Crippen molar-refractivity contribution < 1.29 is 0 Å². The Hall–Kier alpha value is -1.97. The van der Waals surface area contributed by atoms with E-state index in [0.717, 1.165) is 35.5 Å². The van der Waals surface area contributed by atoms with Gasteiger partial charge in [0.25, 0.3) is 5.56 Å². The average molecular weight is 287 g/mol. The molecular weight excluding hydrogens is 262 g/mol. The van der Waals surface area contributed by atoms with Gasteiger partial charge in [-0.05, 0) is 49.4 Å². The van der Waals surface area contributed by atoms with E-state index in [4.69, 9.17) is 5.73 Å². The van der Waals surface area contributed by atoms with Crippen LogP contribution in [-0.4, -0.2) is 9.36 Å². The molecular formula is C17H25N3O. The fraction of sp³-hybridized carbons (Fsp3) is 0.471. The van der Waals surface area contributed by atoms with Crippen LogP contribution in [0.25, 0.3) is 5.69 Å². The fourth-order valence-corrected chi connectivity index (χ4v) is 2.95. The second-order valence-corrected chi connectivity index (χ2v) is 6.04. The van der Waals surface area contributed by atoms with Gasteiger partial charge in [-0.15, -0.1) is 0 Å². The van der Waals surface area contributed by atoms with Gasteiger partial charge < -0.3 is 5.73 Å². The number of aromatic nitrogens is 2. The van der Waals surface area contributed by atoms with Crippen molar-refractivity contribution in [3.05, 3.63) is 45.4 Å². The number of anilines is 1. The van der Waals surface area contributed by atoms with E-state index in [-0.39, 0.29) is 11.5 Å². The fourth-order valence-electron chi connectivity index (χ4n) is 2.95. The molecule has 1 aromatic heterocycles. The minimum atomic E-state index is -0.114. The lowest BCUT2D eigenvalue weighted by Gasteiger charge is -2.17. The molecule has 0 saturated heterocycles. The molecule has 0 unspecified atom stereocenters. The molecule has 0 saturated carbocycles. The molecule has 0 aliphatic rings. The van der Waals surface area contributed by atoms with E-state index in [9.17, 15) is 4.79 Å². The molecule has 0 aliphatic carbocycles. The largest absolute Gasteiger partial charge is 0.393 e. The number of hydrogen-bond donors (Lipinski definition) is 1.